The summed E-state index contributed by atoms with van der Waals surface area (Å²) < 4.78 is 4.97. The molecule has 0 saturated heterocycles. The highest BCUT2D eigenvalue weighted by Gasteiger charge is 2.51. The van der Waals surface area contributed by atoms with Crippen LogP contribution in [-0.2, 0) is 0 Å². The molecule has 7 heteroatoms. The number of carbonyl (C=O) groups is 2. The summed E-state index contributed by atoms with van der Waals surface area (Å²) in [5, 5.41) is 40.5. The average molecular weight is 320 g/mol. The zero-order valence-corrected chi connectivity index (χ0v) is 12.5. The highest BCUT2D eigenvalue weighted by atomic mass is 16.5. The van der Waals surface area contributed by atoms with Gasteiger partial charge in [-0.2, -0.15) is 0 Å². The van der Waals surface area contributed by atoms with Crippen LogP contribution >= 0.6 is 0 Å². The number of phenols is 1. The predicted molar refractivity (Wildman–Crippen MR) is 77.6 cm³/mol. The van der Waals surface area contributed by atoms with Crippen LogP contribution in [0.1, 0.15) is 34.1 Å². The van der Waals surface area contributed by atoms with Gasteiger partial charge < -0.3 is 25.2 Å². The molecule has 0 saturated carbocycles. The molecule has 3 atom stereocenters. The number of carbonyl (C=O) groups excluding carboxylic acids is 2. The maximum absolute atomic E-state index is 12.7. The van der Waals surface area contributed by atoms with Gasteiger partial charge >= 0.3 is 0 Å². The van der Waals surface area contributed by atoms with Gasteiger partial charge in [-0.05, 0) is 13.0 Å². The first kappa shape index (κ1) is 15.7. The van der Waals surface area contributed by atoms with Crippen molar-refractivity contribution in [3.05, 3.63) is 34.4 Å². The normalized spacial score (nSPS) is 30.1. The van der Waals surface area contributed by atoms with Crippen LogP contribution in [0.5, 0.6) is 11.5 Å². The molecule has 7 nitrogen and oxygen atoms in total. The van der Waals surface area contributed by atoms with Gasteiger partial charge in [-0.3, -0.25) is 9.59 Å². The van der Waals surface area contributed by atoms with E-state index in [2.05, 4.69) is 0 Å². The average Bonchev–Trinajstić information content (AvgIpc) is 2.49. The smallest absolute Gasteiger partial charge is 0.194 e. The van der Waals surface area contributed by atoms with E-state index in [-0.39, 0.29) is 34.4 Å². The topological polar surface area (TPSA) is 124 Å². The summed E-state index contributed by atoms with van der Waals surface area (Å²) in [5.41, 5.74) is -2.57. The minimum absolute atomic E-state index is 0.0884. The summed E-state index contributed by atoms with van der Waals surface area (Å²) in [5.74, 6) is -1.55. The Kier molecular flexibility index (Phi) is 3.33. The van der Waals surface area contributed by atoms with Crippen molar-refractivity contribution < 1.29 is 34.8 Å². The molecule has 4 N–H and O–H groups in total. The van der Waals surface area contributed by atoms with Gasteiger partial charge in [0, 0.05) is 29.2 Å². The number of fused-ring (bicyclic) bond motifs is 1. The zero-order valence-electron chi connectivity index (χ0n) is 12.5. The Morgan fingerprint density at radius 2 is 1.87 bits per heavy atom. The highest BCUT2D eigenvalue weighted by molar-refractivity contribution is 6.28. The SMILES string of the molecule is COc1cc(O)c2c(c1)C(=O)C1=C(C[C@H](O)[C@@](C)(O)[C@@H]1O)C2=O. The predicted octanol–water partition coefficient (Wildman–Crippen LogP) is -0.0471. The molecule has 0 fully saturated rings. The first-order valence-corrected chi connectivity index (χ1v) is 7.02. The van der Waals surface area contributed by atoms with Crippen LogP contribution in [0, 0.1) is 0 Å². The number of aliphatic hydroxyl groups is 3. The van der Waals surface area contributed by atoms with Crippen molar-refractivity contribution in [1.82, 2.24) is 0 Å². The molecule has 0 unspecified atom stereocenters. The summed E-state index contributed by atoms with van der Waals surface area (Å²) in [6.45, 7) is 1.20. The Morgan fingerprint density at radius 1 is 1.22 bits per heavy atom. The maximum Gasteiger partial charge on any atom is 0.194 e. The third-order valence-electron chi connectivity index (χ3n) is 4.54. The van der Waals surface area contributed by atoms with Crippen LogP contribution in [0.3, 0.4) is 0 Å². The number of hydrogen-bond donors (Lipinski definition) is 4. The molecule has 0 spiro atoms. The molecule has 0 heterocycles. The molecule has 2 aliphatic carbocycles. The standard InChI is InChI=1S/C16H16O7/c1-16(22)10(18)5-8-12(15(16)21)14(20)7-3-6(23-2)4-9(17)11(7)13(8)19/h3-4,10,15,17-18,21-22H,5H2,1-2H3/t10-,15+,16+/m0/s1. The van der Waals surface area contributed by atoms with E-state index in [4.69, 9.17) is 4.74 Å². The molecule has 1 aromatic rings. The summed E-state index contributed by atoms with van der Waals surface area (Å²) in [4.78, 5) is 25.3. The summed E-state index contributed by atoms with van der Waals surface area (Å²) >= 11 is 0. The Labute approximate surface area is 131 Å². The zero-order chi connectivity index (χ0) is 17.1. The number of phenolic OH excluding ortho intramolecular Hbond substituents is 1. The van der Waals surface area contributed by atoms with E-state index in [1.165, 1.54) is 26.2 Å². The van der Waals surface area contributed by atoms with Crippen molar-refractivity contribution >= 4 is 11.6 Å². The van der Waals surface area contributed by atoms with Crippen LogP contribution in [0.15, 0.2) is 23.3 Å². The Bertz CT molecular complexity index is 760. The van der Waals surface area contributed by atoms with Gasteiger partial charge in [0.2, 0.25) is 0 Å². The number of aromatic hydroxyl groups is 1. The van der Waals surface area contributed by atoms with Crippen LogP contribution in [0.25, 0.3) is 0 Å². The Balaban J connectivity index is 2.24. The van der Waals surface area contributed by atoms with Crippen LogP contribution in [0.2, 0.25) is 0 Å². The number of aliphatic hydroxyl groups excluding tert-OH is 2. The molecule has 0 aliphatic heterocycles. The summed E-state index contributed by atoms with van der Waals surface area (Å²) in [6, 6.07) is 2.51. The fraction of sp³-hybridized carbons (Fsp3) is 0.375. The molecule has 1 aromatic carbocycles. The lowest BCUT2D eigenvalue weighted by atomic mass is 9.69. The first-order chi connectivity index (χ1) is 10.7. The van der Waals surface area contributed by atoms with Gasteiger partial charge in [-0.1, -0.05) is 0 Å². The largest absolute Gasteiger partial charge is 0.507 e. The van der Waals surface area contributed by atoms with Gasteiger partial charge in [0.1, 0.15) is 23.2 Å². The highest BCUT2D eigenvalue weighted by Crippen LogP contribution is 2.43. The molecule has 0 aromatic heterocycles. The number of ether oxygens (including phenoxy) is 1. The molecule has 2 aliphatic rings. The Hall–Kier alpha value is -2.22. The van der Waals surface area contributed by atoms with E-state index in [1.54, 1.807) is 0 Å². The Morgan fingerprint density at radius 3 is 2.48 bits per heavy atom. The number of hydrogen-bond acceptors (Lipinski definition) is 7. The molecular formula is C16H16O7. The number of benzene rings is 1. The number of ketones is 2. The van der Waals surface area contributed by atoms with E-state index in [0.29, 0.717) is 0 Å². The molecule has 0 radical (unpaired) electrons. The third kappa shape index (κ3) is 2.01. The van der Waals surface area contributed by atoms with Gasteiger partial charge in [0.15, 0.2) is 11.6 Å². The third-order valence-corrected chi connectivity index (χ3v) is 4.54. The van der Waals surface area contributed by atoms with Crippen LogP contribution in [-0.4, -0.2) is 56.9 Å². The van der Waals surface area contributed by atoms with Crippen LogP contribution < -0.4 is 4.74 Å². The van der Waals surface area contributed by atoms with Crippen molar-refractivity contribution in [2.75, 3.05) is 7.11 Å². The van der Waals surface area contributed by atoms with Gasteiger partial charge in [-0.15, -0.1) is 0 Å². The second-order valence-electron chi connectivity index (χ2n) is 5.97. The fourth-order valence-electron chi connectivity index (χ4n) is 3.06. The molecule has 0 amide bonds. The lowest BCUT2D eigenvalue weighted by Crippen LogP contribution is -2.56. The van der Waals surface area contributed by atoms with Crippen molar-refractivity contribution in [3.63, 3.8) is 0 Å². The van der Waals surface area contributed by atoms with Crippen molar-refractivity contribution in [2.24, 2.45) is 0 Å². The monoisotopic (exact) mass is 320 g/mol. The maximum atomic E-state index is 12.7. The van der Waals surface area contributed by atoms with Crippen LogP contribution in [0.4, 0.5) is 0 Å². The van der Waals surface area contributed by atoms with Crippen molar-refractivity contribution in [2.45, 2.75) is 31.2 Å². The van der Waals surface area contributed by atoms with E-state index in [1.807, 2.05) is 0 Å². The molecule has 0 bridgehead atoms. The quantitative estimate of drug-likeness (QED) is 0.572. The second kappa shape index (κ2) is 4.89. The van der Waals surface area contributed by atoms with E-state index in [0.717, 1.165) is 0 Å². The first-order valence-electron chi connectivity index (χ1n) is 7.02. The van der Waals surface area contributed by atoms with E-state index in [9.17, 15) is 30.0 Å². The molecule has 23 heavy (non-hydrogen) atoms. The molecular weight excluding hydrogens is 304 g/mol. The van der Waals surface area contributed by atoms with Gasteiger partial charge in [0.05, 0.1) is 18.8 Å². The van der Waals surface area contributed by atoms with Gasteiger partial charge in [-0.25, -0.2) is 0 Å². The number of rotatable bonds is 1. The van der Waals surface area contributed by atoms with Crippen molar-refractivity contribution in [3.8, 4) is 11.5 Å². The number of Topliss-reactive ketones (excluding diaryl/α,β-unsaturated/α-hetero) is 2. The minimum Gasteiger partial charge on any atom is -0.507 e. The number of methoxy groups -OCH3 is 1. The fourth-order valence-corrected chi connectivity index (χ4v) is 3.06. The molecule has 122 valence electrons. The van der Waals surface area contributed by atoms with E-state index >= 15 is 0 Å². The summed E-state index contributed by atoms with van der Waals surface area (Å²) in [6.07, 6.45) is -3.40. The minimum atomic E-state index is -1.95. The van der Waals surface area contributed by atoms with E-state index < -0.39 is 35.1 Å². The molecule has 3 rings (SSSR count). The van der Waals surface area contributed by atoms with Crippen molar-refractivity contribution in [1.29, 1.82) is 0 Å². The summed E-state index contributed by atoms with van der Waals surface area (Å²) in [7, 11) is 1.34. The van der Waals surface area contributed by atoms with Gasteiger partial charge in [0.25, 0.3) is 0 Å². The lowest BCUT2D eigenvalue weighted by molar-refractivity contribution is -0.126. The lowest BCUT2D eigenvalue weighted by Gasteiger charge is -2.41. The second-order valence-corrected chi connectivity index (χ2v) is 5.97.